The summed E-state index contributed by atoms with van der Waals surface area (Å²) >= 11 is 0. The number of imide groups is 1. The highest BCUT2D eigenvalue weighted by atomic mass is 16.6. The van der Waals surface area contributed by atoms with Crippen molar-refractivity contribution in [2.45, 2.75) is 45.3 Å². The SMILES string of the molecule is CC(C)(C)OC(=O)N1CC(N)CCC1=O. The normalized spacial score (nSPS) is 22.8. The molecule has 1 heterocycles. The van der Waals surface area contributed by atoms with E-state index in [1.165, 1.54) is 0 Å². The van der Waals surface area contributed by atoms with Crippen molar-refractivity contribution in [2.24, 2.45) is 5.73 Å². The maximum atomic E-state index is 11.6. The van der Waals surface area contributed by atoms with E-state index >= 15 is 0 Å². The van der Waals surface area contributed by atoms with Crippen LogP contribution in [0.1, 0.15) is 33.6 Å². The van der Waals surface area contributed by atoms with Gasteiger partial charge in [0, 0.05) is 19.0 Å². The van der Waals surface area contributed by atoms with Crippen molar-refractivity contribution in [1.29, 1.82) is 0 Å². The Hall–Kier alpha value is -1.10. The van der Waals surface area contributed by atoms with Crippen LogP contribution in [0, 0.1) is 0 Å². The van der Waals surface area contributed by atoms with Gasteiger partial charge < -0.3 is 10.5 Å². The van der Waals surface area contributed by atoms with Gasteiger partial charge in [0.1, 0.15) is 5.60 Å². The average molecular weight is 214 g/mol. The second-order valence-electron chi connectivity index (χ2n) is 4.78. The van der Waals surface area contributed by atoms with Crippen LogP contribution >= 0.6 is 0 Å². The molecular weight excluding hydrogens is 196 g/mol. The Morgan fingerprint density at radius 2 is 2.13 bits per heavy atom. The van der Waals surface area contributed by atoms with Gasteiger partial charge in [-0.3, -0.25) is 4.79 Å². The van der Waals surface area contributed by atoms with Crippen molar-refractivity contribution in [3.8, 4) is 0 Å². The lowest BCUT2D eigenvalue weighted by Crippen LogP contribution is -2.50. The van der Waals surface area contributed by atoms with Gasteiger partial charge in [0.15, 0.2) is 0 Å². The predicted molar refractivity (Wildman–Crippen MR) is 55.2 cm³/mol. The van der Waals surface area contributed by atoms with Crippen molar-refractivity contribution in [3.05, 3.63) is 0 Å². The maximum Gasteiger partial charge on any atom is 0.417 e. The Morgan fingerprint density at radius 1 is 1.53 bits per heavy atom. The van der Waals surface area contributed by atoms with Crippen LogP contribution in [-0.2, 0) is 9.53 Å². The molecule has 0 saturated carbocycles. The lowest BCUT2D eigenvalue weighted by molar-refractivity contribution is -0.132. The van der Waals surface area contributed by atoms with E-state index in [4.69, 9.17) is 10.5 Å². The third-order valence-corrected chi connectivity index (χ3v) is 2.06. The van der Waals surface area contributed by atoms with E-state index < -0.39 is 11.7 Å². The van der Waals surface area contributed by atoms with Crippen molar-refractivity contribution in [2.75, 3.05) is 6.54 Å². The molecule has 2 amide bonds. The molecule has 0 aromatic rings. The maximum absolute atomic E-state index is 11.6. The molecule has 1 saturated heterocycles. The average Bonchev–Trinajstić information content (AvgIpc) is 2.06. The van der Waals surface area contributed by atoms with E-state index in [1.54, 1.807) is 20.8 Å². The number of ether oxygens (including phenoxy) is 1. The summed E-state index contributed by atoms with van der Waals surface area (Å²) < 4.78 is 5.11. The van der Waals surface area contributed by atoms with Gasteiger partial charge in [-0.15, -0.1) is 0 Å². The number of piperidine rings is 1. The molecule has 1 fully saturated rings. The first kappa shape index (κ1) is 12.0. The molecule has 0 aliphatic carbocycles. The summed E-state index contributed by atoms with van der Waals surface area (Å²) in [6.45, 7) is 5.55. The van der Waals surface area contributed by atoms with Crippen LogP contribution < -0.4 is 5.73 Å². The summed E-state index contributed by atoms with van der Waals surface area (Å²) in [5.74, 6) is -0.203. The molecule has 0 radical (unpaired) electrons. The molecule has 5 heteroatoms. The Bertz CT molecular complexity index is 270. The molecule has 1 aliphatic rings. The van der Waals surface area contributed by atoms with Crippen LogP contribution in [0.5, 0.6) is 0 Å². The third-order valence-electron chi connectivity index (χ3n) is 2.06. The number of nitrogens with zero attached hydrogens (tertiary/aromatic N) is 1. The van der Waals surface area contributed by atoms with Crippen molar-refractivity contribution in [3.63, 3.8) is 0 Å². The molecule has 0 aromatic heterocycles. The zero-order valence-electron chi connectivity index (χ0n) is 9.45. The number of carbonyl (C=O) groups excluding carboxylic acids is 2. The molecule has 5 nitrogen and oxygen atoms in total. The van der Waals surface area contributed by atoms with Gasteiger partial charge >= 0.3 is 6.09 Å². The molecule has 1 aliphatic heterocycles. The van der Waals surface area contributed by atoms with E-state index in [-0.39, 0.29) is 18.5 Å². The van der Waals surface area contributed by atoms with Gasteiger partial charge in [-0.05, 0) is 27.2 Å². The smallest absolute Gasteiger partial charge is 0.417 e. The van der Waals surface area contributed by atoms with Crippen molar-refractivity contribution >= 4 is 12.0 Å². The predicted octanol–water partition coefficient (Wildman–Crippen LogP) is 0.871. The van der Waals surface area contributed by atoms with Gasteiger partial charge in [-0.2, -0.15) is 0 Å². The first-order valence-corrected chi connectivity index (χ1v) is 5.08. The van der Waals surface area contributed by atoms with Gasteiger partial charge in [0.2, 0.25) is 5.91 Å². The number of likely N-dealkylation sites (tertiary alicyclic amines) is 1. The van der Waals surface area contributed by atoms with Gasteiger partial charge in [-0.1, -0.05) is 0 Å². The fraction of sp³-hybridized carbons (Fsp3) is 0.800. The quantitative estimate of drug-likeness (QED) is 0.649. The molecule has 15 heavy (non-hydrogen) atoms. The Morgan fingerprint density at radius 3 is 2.67 bits per heavy atom. The fourth-order valence-corrected chi connectivity index (χ4v) is 1.36. The third kappa shape index (κ3) is 3.51. The van der Waals surface area contributed by atoms with E-state index in [0.717, 1.165) is 4.90 Å². The molecule has 0 aromatic carbocycles. The van der Waals surface area contributed by atoms with Crippen LogP contribution in [0.4, 0.5) is 4.79 Å². The van der Waals surface area contributed by atoms with Crippen LogP contribution in [0.25, 0.3) is 0 Å². The number of amides is 2. The summed E-state index contributed by atoms with van der Waals surface area (Å²) in [4.78, 5) is 24.1. The minimum atomic E-state index is -0.595. The topological polar surface area (TPSA) is 72.6 Å². The zero-order chi connectivity index (χ0) is 11.6. The number of nitrogens with two attached hydrogens (primary N) is 1. The monoisotopic (exact) mass is 214 g/mol. The number of carbonyl (C=O) groups is 2. The fourth-order valence-electron chi connectivity index (χ4n) is 1.36. The van der Waals surface area contributed by atoms with Crippen LogP contribution in [0.2, 0.25) is 0 Å². The number of hydrogen-bond acceptors (Lipinski definition) is 4. The van der Waals surface area contributed by atoms with Crippen LogP contribution in [0.3, 0.4) is 0 Å². The zero-order valence-corrected chi connectivity index (χ0v) is 9.45. The molecular formula is C10H18N2O3. The highest BCUT2D eigenvalue weighted by Crippen LogP contribution is 2.15. The lowest BCUT2D eigenvalue weighted by atomic mass is 10.1. The molecule has 0 bridgehead atoms. The second-order valence-corrected chi connectivity index (χ2v) is 4.78. The Balaban J connectivity index is 2.61. The molecule has 1 rings (SSSR count). The second kappa shape index (κ2) is 4.18. The van der Waals surface area contributed by atoms with Gasteiger partial charge in [0.05, 0.1) is 0 Å². The summed E-state index contributed by atoms with van der Waals surface area (Å²) in [6.07, 6.45) is 0.362. The molecule has 1 unspecified atom stereocenters. The van der Waals surface area contributed by atoms with Crippen molar-refractivity contribution < 1.29 is 14.3 Å². The number of rotatable bonds is 0. The summed E-state index contributed by atoms with van der Waals surface area (Å²) in [6, 6.07) is -0.129. The first-order valence-electron chi connectivity index (χ1n) is 5.08. The van der Waals surface area contributed by atoms with Gasteiger partial charge in [0.25, 0.3) is 0 Å². The minimum Gasteiger partial charge on any atom is -0.443 e. The number of hydrogen-bond donors (Lipinski definition) is 1. The molecule has 1 atom stereocenters. The van der Waals surface area contributed by atoms with E-state index in [9.17, 15) is 9.59 Å². The largest absolute Gasteiger partial charge is 0.443 e. The Kier molecular flexibility index (Phi) is 3.34. The molecule has 0 spiro atoms. The highest BCUT2D eigenvalue weighted by Gasteiger charge is 2.31. The van der Waals surface area contributed by atoms with E-state index in [0.29, 0.717) is 12.8 Å². The highest BCUT2D eigenvalue weighted by molar-refractivity contribution is 5.92. The molecule has 2 N–H and O–H groups in total. The van der Waals surface area contributed by atoms with Crippen molar-refractivity contribution in [1.82, 2.24) is 4.90 Å². The van der Waals surface area contributed by atoms with Gasteiger partial charge in [-0.25, -0.2) is 9.69 Å². The lowest BCUT2D eigenvalue weighted by Gasteiger charge is -2.31. The van der Waals surface area contributed by atoms with E-state index in [1.807, 2.05) is 0 Å². The standard InChI is InChI=1S/C10H18N2O3/c1-10(2,3)15-9(14)12-6-7(11)4-5-8(12)13/h7H,4-6,11H2,1-3H3. The van der Waals surface area contributed by atoms with Crippen LogP contribution in [0.15, 0.2) is 0 Å². The summed E-state index contributed by atoms with van der Waals surface area (Å²) in [5, 5.41) is 0. The molecule has 86 valence electrons. The Labute approximate surface area is 89.6 Å². The van der Waals surface area contributed by atoms with Crippen LogP contribution in [-0.4, -0.2) is 35.1 Å². The first-order chi connectivity index (χ1) is 6.79. The summed E-state index contributed by atoms with van der Waals surface area (Å²) in [7, 11) is 0. The van der Waals surface area contributed by atoms with E-state index in [2.05, 4.69) is 0 Å². The summed E-state index contributed by atoms with van der Waals surface area (Å²) in [5.41, 5.74) is 5.10. The minimum absolute atomic E-state index is 0.129.